The minimum absolute atomic E-state index is 0.135. The predicted octanol–water partition coefficient (Wildman–Crippen LogP) is 1.69. The highest BCUT2D eigenvalue weighted by atomic mass is 16.6. The first-order valence-corrected chi connectivity index (χ1v) is 13.4. The van der Waals surface area contributed by atoms with Crippen molar-refractivity contribution in [2.24, 2.45) is 5.92 Å². The lowest BCUT2D eigenvalue weighted by molar-refractivity contribution is -0.134. The summed E-state index contributed by atoms with van der Waals surface area (Å²) in [5.74, 6) is -0.497. The van der Waals surface area contributed by atoms with Crippen LogP contribution >= 0.6 is 0 Å². The summed E-state index contributed by atoms with van der Waals surface area (Å²) in [5, 5.41) is 8.28. The third kappa shape index (κ3) is 8.52. The molecule has 3 amide bonds. The third-order valence-electron chi connectivity index (χ3n) is 7.22. The molecule has 1 aliphatic heterocycles. The Bertz CT molecular complexity index is 971. The van der Waals surface area contributed by atoms with Gasteiger partial charge in [-0.1, -0.05) is 37.8 Å². The average molecular weight is 532 g/mol. The number of epoxide rings is 1. The number of nitrogens with one attached hydrogen (secondary N) is 3. The van der Waals surface area contributed by atoms with Crippen LogP contribution in [0.3, 0.4) is 0 Å². The van der Waals surface area contributed by atoms with Gasteiger partial charge in [-0.25, -0.2) is 0 Å². The van der Waals surface area contributed by atoms with Gasteiger partial charge < -0.3 is 30.2 Å². The van der Waals surface area contributed by atoms with Gasteiger partial charge in [-0.3, -0.25) is 19.2 Å². The van der Waals surface area contributed by atoms with Crippen LogP contribution < -0.4 is 20.7 Å². The molecule has 0 aromatic heterocycles. The van der Waals surface area contributed by atoms with E-state index in [1.165, 1.54) is 0 Å². The van der Waals surface area contributed by atoms with Crippen LogP contribution in [-0.4, -0.2) is 74.2 Å². The van der Waals surface area contributed by atoms with Crippen molar-refractivity contribution in [2.75, 3.05) is 26.9 Å². The van der Waals surface area contributed by atoms with E-state index in [9.17, 15) is 19.2 Å². The van der Waals surface area contributed by atoms with Crippen LogP contribution in [0, 0.1) is 5.92 Å². The summed E-state index contributed by atoms with van der Waals surface area (Å²) in [7, 11) is 1.57. The number of methoxy groups -OCH3 is 1. The van der Waals surface area contributed by atoms with Crippen molar-refractivity contribution in [1.82, 2.24) is 16.0 Å². The lowest BCUT2D eigenvalue weighted by Crippen LogP contribution is -2.57. The largest absolute Gasteiger partial charge is 0.497 e. The van der Waals surface area contributed by atoms with Crippen molar-refractivity contribution in [2.45, 2.75) is 83.0 Å². The average Bonchev–Trinajstić information content (AvgIpc) is 3.45. The molecule has 1 saturated carbocycles. The van der Waals surface area contributed by atoms with Crippen LogP contribution in [0.2, 0.25) is 0 Å². The number of rotatable bonds is 15. The quantitative estimate of drug-likeness (QED) is 0.293. The maximum absolute atomic E-state index is 13.6. The summed E-state index contributed by atoms with van der Waals surface area (Å²) < 4.78 is 15.7. The minimum atomic E-state index is -0.964. The highest BCUT2D eigenvalue weighted by Gasteiger charge is 2.50. The Morgan fingerprint density at radius 2 is 1.66 bits per heavy atom. The van der Waals surface area contributed by atoms with E-state index in [0.29, 0.717) is 31.3 Å². The number of carbonyl (C=O) groups is 4. The van der Waals surface area contributed by atoms with Crippen LogP contribution in [-0.2, 0) is 35.1 Å². The second kappa shape index (κ2) is 13.7. The molecule has 2 aliphatic rings. The topological polar surface area (TPSA) is 135 Å². The van der Waals surface area contributed by atoms with Gasteiger partial charge in [0.05, 0.1) is 19.8 Å². The summed E-state index contributed by atoms with van der Waals surface area (Å²) in [4.78, 5) is 51.8. The molecule has 1 heterocycles. The molecule has 0 bridgehead atoms. The molecule has 2 fully saturated rings. The van der Waals surface area contributed by atoms with Gasteiger partial charge in [0.25, 0.3) is 0 Å². The van der Waals surface area contributed by atoms with Gasteiger partial charge in [0.2, 0.25) is 17.7 Å². The number of hydrogen-bond donors (Lipinski definition) is 3. The fraction of sp³-hybridized carbons (Fsp3) is 0.643. The standard InChI is InChI=1S/C28H41N3O7/c1-5-37-16-24(32)29-18(2)26(34)31-23(15-20-10-12-21(36-4)13-11-20)27(35)30-22(14-19-8-6-7-9-19)25(33)28(3)17-38-28/h10-13,18-19,22-23H,5-9,14-17H2,1-4H3,(H,29,32)(H,30,35)(H,31,34)/t18-,22+,23+,28-/m1/s1. The van der Waals surface area contributed by atoms with E-state index in [4.69, 9.17) is 14.2 Å². The monoisotopic (exact) mass is 531 g/mol. The van der Waals surface area contributed by atoms with Gasteiger partial charge in [0, 0.05) is 13.0 Å². The van der Waals surface area contributed by atoms with Crippen LogP contribution in [0.15, 0.2) is 24.3 Å². The Labute approximate surface area is 224 Å². The molecule has 10 heteroatoms. The first-order chi connectivity index (χ1) is 18.1. The molecule has 1 aromatic carbocycles. The van der Waals surface area contributed by atoms with E-state index in [1.807, 2.05) is 12.1 Å². The Hall–Kier alpha value is -2.98. The molecule has 1 saturated heterocycles. The zero-order valence-corrected chi connectivity index (χ0v) is 22.8. The third-order valence-corrected chi connectivity index (χ3v) is 7.22. The number of hydrogen-bond acceptors (Lipinski definition) is 7. The van der Waals surface area contributed by atoms with Crippen molar-refractivity contribution in [3.05, 3.63) is 29.8 Å². The fourth-order valence-corrected chi connectivity index (χ4v) is 4.75. The molecule has 3 rings (SSSR count). The molecule has 0 radical (unpaired) electrons. The lowest BCUT2D eigenvalue weighted by atomic mass is 9.90. The van der Waals surface area contributed by atoms with Crippen LogP contribution in [0.4, 0.5) is 0 Å². The molecule has 38 heavy (non-hydrogen) atoms. The Morgan fingerprint density at radius 1 is 1.03 bits per heavy atom. The van der Waals surface area contributed by atoms with E-state index in [2.05, 4.69) is 16.0 Å². The van der Waals surface area contributed by atoms with E-state index in [1.54, 1.807) is 40.0 Å². The Kier molecular flexibility index (Phi) is 10.7. The fourth-order valence-electron chi connectivity index (χ4n) is 4.75. The molecule has 0 unspecified atom stereocenters. The van der Waals surface area contributed by atoms with Gasteiger partial charge >= 0.3 is 0 Å². The normalized spacial score (nSPS) is 21.2. The Balaban J connectivity index is 1.74. The number of ketones is 1. The van der Waals surface area contributed by atoms with E-state index in [0.717, 1.165) is 31.2 Å². The molecule has 10 nitrogen and oxygen atoms in total. The molecule has 1 aromatic rings. The molecule has 210 valence electrons. The van der Waals surface area contributed by atoms with Gasteiger partial charge in [0.1, 0.15) is 30.0 Å². The minimum Gasteiger partial charge on any atom is -0.497 e. The SMILES string of the molecule is CCOCC(=O)N[C@H](C)C(=O)N[C@@H](Cc1ccc(OC)cc1)C(=O)N[C@@H](CC1CCCC1)C(=O)[C@@]1(C)CO1. The summed E-state index contributed by atoms with van der Waals surface area (Å²) >= 11 is 0. The molecule has 1 aliphatic carbocycles. The predicted molar refractivity (Wildman–Crippen MR) is 141 cm³/mol. The number of amides is 3. The molecular formula is C28H41N3O7. The summed E-state index contributed by atoms with van der Waals surface area (Å²) in [6.45, 7) is 5.62. The van der Waals surface area contributed by atoms with E-state index >= 15 is 0 Å². The van der Waals surface area contributed by atoms with Crippen LogP contribution in [0.5, 0.6) is 5.75 Å². The smallest absolute Gasteiger partial charge is 0.246 e. The maximum atomic E-state index is 13.6. The second-order valence-corrected chi connectivity index (χ2v) is 10.4. The number of carbonyl (C=O) groups excluding carboxylic acids is 4. The van der Waals surface area contributed by atoms with Gasteiger partial charge in [0.15, 0.2) is 5.78 Å². The number of ether oxygens (including phenoxy) is 3. The van der Waals surface area contributed by atoms with Gasteiger partial charge in [-0.15, -0.1) is 0 Å². The highest BCUT2D eigenvalue weighted by molar-refractivity contribution is 5.98. The van der Waals surface area contributed by atoms with Crippen molar-refractivity contribution in [3.63, 3.8) is 0 Å². The van der Waals surface area contributed by atoms with Crippen LogP contribution in [0.25, 0.3) is 0 Å². The first-order valence-electron chi connectivity index (χ1n) is 13.4. The molecule has 4 atom stereocenters. The number of benzene rings is 1. The molecular weight excluding hydrogens is 490 g/mol. The van der Waals surface area contributed by atoms with Crippen molar-refractivity contribution < 1.29 is 33.4 Å². The molecule has 0 spiro atoms. The molecule has 3 N–H and O–H groups in total. The summed E-state index contributed by atoms with van der Waals surface area (Å²) in [6.07, 6.45) is 5.05. The summed E-state index contributed by atoms with van der Waals surface area (Å²) in [5.41, 5.74) is -0.0691. The number of Topliss-reactive ketones (excluding diaryl/α,β-unsaturated/α-hetero) is 1. The maximum Gasteiger partial charge on any atom is 0.246 e. The van der Waals surface area contributed by atoms with Gasteiger partial charge in [-0.05, 0) is 50.8 Å². The lowest BCUT2D eigenvalue weighted by Gasteiger charge is -2.26. The first kappa shape index (κ1) is 29.6. The summed E-state index contributed by atoms with van der Waals surface area (Å²) in [6, 6.07) is 4.65. The Morgan fingerprint density at radius 3 is 2.24 bits per heavy atom. The van der Waals surface area contributed by atoms with Crippen molar-refractivity contribution in [1.29, 1.82) is 0 Å². The van der Waals surface area contributed by atoms with E-state index in [-0.39, 0.29) is 18.8 Å². The van der Waals surface area contributed by atoms with E-state index < -0.39 is 41.4 Å². The van der Waals surface area contributed by atoms with Crippen molar-refractivity contribution >= 4 is 23.5 Å². The van der Waals surface area contributed by atoms with Crippen molar-refractivity contribution in [3.8, 4) is 5.75 Å². The van der Waals surface area contributed by atoms with Gasteiger partial charge in [-0.2, -0.15) is 0 Å². The zero-order valence-electron chi connectivity index (χ0n) is 22.8. The van der Waals surface area contributed by atoms with Crippen LogP contribution in [0.1, 0.15) is 58.4 Å². The second-order valence-electron chi connectivity index (χ2n) is 10.4. The highest BCUT2D eigenvalue weighted by Crippen LogP contribution is 2.33. The zero-order chi connectivity index (χ0) is 27.7.